The van der Waals surface area contributed by atoms with Crippen molar-refractivity contribution >= 4 is 29.7 Å². The highest BCUT2D eigenvalue weighted by Gasteiger charge is 2.44. The predicted molar refractivity (Wildman–Crippen MR) is 97.1 cm³/mol. The second kappa shape index (κ2) is 9.10. The minimum atomic E-state index is -0.243. The quantitative estimate of drug-likeness (QED) is 0.657. The molecule has 1 aliphatic rings. The number of guanidine groups is 1. The third kappa shape index (κ3) is 6.65. The van der Waals surface area contributed by atoms with Gasteiger partial charge in [0.25, 0.3) is 5.91 Å². The molecule has 124 valence electrons. The van der Waals surface area contributed by atoms with Crippen molar-refractivity contribution in [3.63, 3.8) is 0 Å². The van der Waals surface area contributed by atoms with Crippen molar-refractivity contribution in [2.24, 2.45) is 27.4 Å². The normalized spacial score (nSPS) is 19.3. The second-order valence-corrected chi connectivity index (χ2v) is 5.75. The number of carbonyl (C=O) groups excluding carboxylic acids is 1. The van der Waals surface area contributed by atoms with Crippen molar-refractivity contribution in [1.82, 2.24) is 0 Å². The molecule has 1 aromatic rings. The van der Waals surface area contributed by atoms with Gasteiger partial charge >= 0.3 is 0 Å². The van der Waals surface area contributed by atoms with Gasteiger partial charge in [-0.1, -0.05) is 23.7 Å². The highest BCUT2D eigenvalue weighted by molar-refractivity contribution is 6.30. The Balaban J connectivity index is 0.000000379. The summed E-state index contributed by atoms with van der Waals surface area (Å²) in [7, 11) is 1.75. The number of aryl methyl sites for hydroxylation is 1. The summed E-state index contributed by atoms with van der Waals surface area (Å²) in [4.78, 5) is 18.9. The van der Waals surface area contributed by atoms with E-state index in [2.05, 4.69) is 9.98 Å². The molecule has 6 heteroatoms. The van der Waals surface area contributed by atoms with Crippen molar-refractivity contribution in [2.75, 3.05) is 7.05 Å². The fraction of sp³-hybridized carbons (Fsp3) is 0.353. The minimum Gasteiger partial charge on any atom is -0.370 e. The maximum absolute atomic E-state index is 11.6. The smallest absolute Gasteiger partial charge is 0.252 e. The van der Waals surface area contributed by atoms with Gasteiger partial charge in [0.1, 0.15) is 0 Å². The van der Waals surface area contributed by atoms with Gasteiger partial charge in [0.15, 0.2) is 5.96 Å². The van der Waals surface area contributed by atoms with Crippen LogP contribution in [0.2, 0.25) is 5.02 Å². The lowest BCUT2D eigenvalue weighted by atomic mass is 10.1. The number of hydrogen-bond acceptors (Lipinski definition) is 2. The van der Waals surface area contributed by atoms with Crippen LogP contribution in [0.4, 0.5) is 0 Å². The summed E-state index contributed by atoms with van der Waals surface area (Å²) < 4.78 is 0. The van der Waals surface area contributed by atoms with E-state index < -0.39 is 0 Å². The Morgan fingerprint density at radius 3 is 2.52 bits per heavy atom. The van der Waals surface area contributed by atoms with Crippen LogP contribution in [-0.4, -0.2) is 25.1 Å². The zero-order chi connectivity index (χ0) is 17.4. The van der Waals surface area contributed by atoms with Gasteiger partial charge in [-0.3, -0.25) is 9.79 Å². The van der Waals surface area contributed by atoms with E-state index in [1.54, 1.807) is 13.3 Å². The van der Waals surface area contributed by atoms with Crippen LogP contribution in [-0.2, 0) is 4.79 Å². The van der Waals surface area contributed by atoms with Crippen LogP contribution < -0.4 is 11.5 Å². The Bertz CT molecular complexity index is 603. The van der Waals surface area contributed by atoms with Crippen molar-refractivity contribution in [3.05, 3.63) is 46.5 Å². The maximum atomic E-state index is 11.6. The molecular weight excluding hydrogens is 312 g/mol. The summed E-state index contributed by atoms with van der Waals surface area (Å²) in [5.74, 6) is -0.325. The summed E-state index contributed by atoms with van der Waals surface area (Å²) >= 11 is 5.98. The fourth-order valence-corrected chi connectivity index (χ4v) is 2.50. The first kappa shape index (κ1) is 18.9. The van der Waals surface area contributed by atoms with Crippen molar-refractivity contribution in [1.29, 1.82) is 0 Å². The number of aliphatic imine (C=N–C) groups is 2. The van der Waals surface area contributed by atoms with Gasteiger partial charge in [-0.15, -0.1) is 0 Å². The zero-order valence-corrected chi connectivity index (χ0v) is 14.4. The lowest BCUT2D eigenvalue weighted by Crippen LogP contribution is -2.24. The Hall–Kier alpha value is -2.14. The van der Waals surface area contributed by atoms with Crippen LogP contribution in [0.5, 0.6) is 0 Å². The largest absolute Gasteiger partial charge is 0.370 e. The van der Waals surface area contributed by atoms with Crippen LogP contribution in [0, 0.1) is 12.8 Å². The lowest BCUT2D eigenvalue weighted by molar-refractivity contribution is -0.119. The first-order chi connectivity index (χ1) is 10.9. The van der Waals surface area contributed by atoms with E-state index in [4.69, 9.17) is 23.1 Å². The van der Waals surface area contributed by atoms with E-state index >= 15 is 0 Å². The molecular formula is C17H23ClN4O. The van der Waals surface area contributed by atoms with Crippen LogP contribution >= 0.6 is 11.6 Å². The highest BCUT2D eigenvalue weighted by atomic mass is 35.5. The molecule has 1 saturated carbocycles. The van der Waals surface area contributed by atoms with E-state index in [1.807, 2.05) is 44.2 Å². The number of halogens is 1. The molecule has 2 unspecified atom stereocenters. The molecule has 0 saturated heterocycles. The van der Waals surface area contributed by atoms with Gasteiger partial charge in [0, 0.05) is 24.2 Å². The summed E-state index contributed by atoms with van der Waals surface area (Å²) in [6, 6.07) is 5.82. The summed E-state index contributed by atoms with van der Waals surface area (Å²) in [6.07, 6.45) is 6.36. The third-order valence-electron chi connectivity index (χ3n) is 3.27. The number of amides is 1. The van der Waals surface area contributed by atoms with E-state index in [0.717, 1.165) is 17.5 Å². The number of benzene rings is 1. The van der Waals surface area contributed by atoms with Gasteiger partial charge < -0.3 is 11.5 Å². The van der Waals surface area contributed by atoms with E-state index in [-0.39, 0.29) is 23.7 Å². The molecule has 4 N–H and O–H groups in total. The van der Waals surface area contributed by atoms with Gasteiger partial charge in [-0.25, -0.2) is 0 Å². The zero-order valence-electron chi connectivity index (χ0n) is 13.7. The number of nitrogens with zero attached hydrogens (tertiary/aromatic N) is 2. The van der Waals surface area contributed by atoms with E-state index in [0.29, 0.717) is 5.02 Å². The average molecular weight is 335 g/mol. The minimum absolute atomic E-state index is 0.102. The molecule has 2 atom stereocenters. The van der Waals surface area contributed by atoms with Gasteiger partial charge in [0.2, 0.25) is 0 Å². The summed E-state index contributed by atoms with van der Waals surface area (Å²) in [6.45, 7) is 3.94. The molecule has 0 spiro atoms. The molecule has 0 aromatic heterocycles. The van der Waals surface area contributed by atoms with Gasteiger partial charge in [-0.2, -0.15) is 4.99 Å². The van der Waals surface area contributed by atoms with Crippen molar-refractivity contribution < 1.29 is 4.79 Å². The molecule has 0 aliphatic heterocycles. The summed E-state index contributed by atoms with van der Waals surface area (Å²) in [5.41, 5.74) is 12.5. The molecule has 1 fully saturated rings. The molecule has 0 heterocycles. The molecule has 1 aliphatic carbocycles. The fourth-order valence-electron chi connectivity index (χ4n) is 2.20. The maximum Gasteiger partial charge on any atom is 0.252 e. The Kier molecular flexibility index (Phi) is 7.48. The number of hydrogen-bond donors (Lipinski definition) is 2. The molecule has 5 nitrogen and oxygen atoms in total. The molecule has 1 amide bonds. The molecule has 1 aromatic carbocycles. The SMILES string of the molecule is C/C=C\C=NC.Cc1cc(Cl)cc(C2CC2C(=O)N=C(N)N)c1. The Labute approximate surface area is 142 Å². The highest BCUT2D eigenvalue weighted by Crippen LogP contribution is 2.48. The van der Waals surface area contributed by atoms with Crippen molar-refractivity contribution in [3.8, 4) is 0 Å². The number of rotatable bonds is 3. The summed E-state index contributed by atoms with van der Waals surface area (Å²) in [5, 5.41) is 0.694. The number of allylic oxidation sites excluding steroid dienone is 2. The Morgan fingerprint density at radius 2 is 2.04 bits per heavy atom. The molecule has 0 bridgehead atoms. The van der Waals surface area contributed by atoms with Gasteiger partial charge in [0.05, 0.1) is 0 Å². The van der Waals surface area contributed by atoms with Crippen LogP contribution in [0.1, 0.15) is 30.4 Å². The second-order valence-electron chi connectivity index (χ2n) is 5.32. The molecule has 23 heavy (non-hydrogen) atoms. The van der Waals surface area contributed by atoms with Crippen LogP contribution in [0.3, 0.4) is 0 Å². The lowest BCUT2D eigenvalue weighted by Gasteiger charge is -2.02. The Morgan fingerprint density at radius 1 is 1.35 bits per heavy atom. The third-order valence-corrected chi connectivity index (χ3v) is 3.49. The predicted octanol–water partition coefficient (Wildman–Crippen LogP) is 2.82. The number of carbonyl (C=O) groups is 1. The first-order valence-electron chi connectivity index (χ1n) is 7.33. The standard InChI is InChI=1S/C12H14ClN3O.C5H9N/c1-6-2-7(4-8(13)3-6)9-5-10(9)11(17)16-12(14)15;1-3-4-5-6-2/h2-4,9-10H,5H2,1H3,(H4,14,15,16,17);3-5H,1-2H3/b;4-3-,6-5?. The van der Waals surface area contributed by atoms with E-state index in [1.165, 1.54) is 0 Å². The van der Waals surface area contributed by atoms with Crippen molar-refractivity contribution in [2.45, 2.75) is 26.2 Å². The topological polar surface area (TPSA) is 93.8 Å². The van der Waals surface area contributed by atoms with E-state index in [9.17, 15) is 4.79 Å². The number of nitrogens with two attached hydrogens (primary N) is 2. The molecule has 0 radical (unpaired) electrons. The van der Waals surface area contributed by atoms with Crippen LogP contribution in [0.25, 0.3) is 0 Å². The monoisotopic (exact) mass is 334 g/mol. The van der Waals surface area contributed by atoms with Crippen LogP contribution in [0.15, 0.2) is 40.3 Å². The van der Waals surface area contributed by atoms with Gasteiger partial charge in [-0.05, 0) is 55.5 Å². The molecule has 2 rings (SSSR count). The average Bonchev–Trinajstić information content (AvgIpc) is 3.24. The first-order valence-corrected chi connectivity index (χ1v) is 7.70.